The number of imide groups is 2. The molecular formula is C80H112N2O6S6Si. The Hall–Kier alpha value is -3.96. The Morgan fingerprint density at radius 1 is 0.379 bits per heavy atom. The maximum Gasteiger partial charge on any atom is 0.263 e. The quantitative estimate of drug-likeness (QED) is 0.0215. The molecule has 1 aromatic carbocycles. The predicted octanol–water partition coefficient (Wildman–Crippen LogP) is 25.1. The monoisotopic (exact) mass is 1420 g/mol. The van der Waals surface area contributed by atoms with Gasteiger partial charge in [0.25, 0.3) is 23.6 Å². The van der Waals surface area contributed by atoms with Crippen LogP contribution in [-0.4, -0.2) is 67.8 Å². The SMILES string of the molecule is CCCCCCCCN1C(=O)c2c(C)sc(-c3cc4c(s3)-c3sc(-c5sc(-c6cc7c(OCC(CC)CCCC)c8sc(C)cc8c(OCC(CC)CCCC)c7s6)c6c5C(=O)N(CCCCCCCC)C6=O)cc3[Si]4(CC(CC)CCCC)CC(CC)CCCC)c2C1=O. The van der Waals surface area contributed by atoms with Crippen LogP contribution in [0.5, 0.6) is 11.5 Å². The molecule has 0 N–H and O–H groups in total. The lowest BCUT2D eigenvalue weighted by atomic mass is 10.0. The van der Waals surface area contributed by atoms with Gasteiger partial charge in [0.2, 0.25) is 0 Å². The maximum absolute atomic E-state index is 15.7. The number of carbonyl (C=O) groups excluding carboxylic acids is 4. The Balaban J connectivity index is 1.16. The zero-order valence-corrected chi connectivity index (χ0v) is 65.9. The molecule has 95 heavy (non-hydrogen) atoms. The molecule has 15 heteroatoms. The highest BCUT2D eigenvalue weighted by Gasteiger charge is 2.52. The Kier molecular flexibility index (Phi) is 26.7. The first kappa shape index (κ1) is 73.7. The molecule has 3 aliphatic rings. The molecule has 7 aromatic rings. The van der Waals surface area contributed by atoms with Gasteiger partial charge in [0, 0.05) is 58.0 Å². The van der Waals surface area contributed by atoms with Crippen LogP contribution in [0.25, 0.3) is 59.2 Å². The van der Waals surface area contributed by atoms with Crippen molar-refractivity contribution in [1.29, 1.82) is 0 Å². The van der Waals surface area contributed by atoms with Crippen molar-refractivity contribution in [3.63, 3.8) is 0 Å². The number of rotatable bonds is 43. The van der Waals surface area contributed by atoms with Crippen molar-refractivity contribution in [2.45, 2.75) is 275 Å². The van der Waals surface area contributed by atoms with E-state index in [0.29, 0.717) is 72.2 Å². The van der Waals surface area contributed by atoms with Crippen LogP contribution in [0.4, 0.5) is 0 Å². The third kappa shape index (κ3) is 15.5. The molecule has 0 aliphatic carbocycles. The summed E-state index contributed by atoms with van der Waals surface area (Å²) in [6.07, 6.45) is 31.4. The van der Waals surface area contributed by atoms with Gasteiger partial charge in [-0.2, -0.15) is 0 Å². The summed E-state index contributed by atoms with van der Waals surface area (Å²) in [5, 5.41) is 5.16. The zero-order valence-electron chi connectivity index (χ0n) is 60.0. The molecule has 0 radical (unpaired) electrons. The summed E-state index contributed by atoms with van der Waals surface area (Å²) in [5.74, 6) is 3.22. The fraction of sp³-hybridized carbons (Fsp3) is 0.625. The highest BCUT2D eigenvalue weighted by atomic mass is 32.1. The highest BCUT2D eigenvalue weighted by molar-refractivity contribution is 7.34. The van der Waals surface area contributed by atoms with E-state index in [0.717, 1.165) is 187 Å². The minimum Gasteiger partial charge on any atom is -0.491 e. The number of hydrogen-bond acceptors (Lipinski definition) is 12. The Morgan fingerprint density at radius 2 is 0.747 bits per heavy atom. The van der Waals surface area contributed by atoms with E-state index in [1.54, 1.807) is 55.1 Å². The fourth-order valence-corrected chi connectivity index (χ4v) is 31.0. The number of aryl methyl sites for hydroxylation is 2. The fourth-order valence-electron chi connectivity index (χ4n) is 15.6. The minimum atomic E-state index is -2.65. The number of carbonyl (C=O) groups is 4. The summed E-state index contributed by atoms with van der Waals surface area (Å²) in [6, 6.07) is 12.0. The van der Waals surface area contributed by atoms with E-state index in [4.69, 9.17) is 9.47 Å². The second kappa shape index (κ2) is 34.4. The maximum atomic E-state index is 15.7. The molecule has 4 amide bonds. The molecule has 0 fully saturated rings. The van der Waals surface area contributed by atoms with Crippen LogP contribution < -0.4 is 19.8 Å². The Labute approximate surface area is 595 Å². The molecule has 0 saturated carbocycles. The van der Waals surface area contributed by atoms with Crippen molar-refractivity contribution in [2.24, 2.45) is 23.7 Å². The van der Waals surface area contributed by atoms with Gasteiger partial charge in [-0.25, -0.2) is 0 Å². The molecule has 4 unspecified atom stereocenters. The first-order valence-electron chi connectivity index (χ1n) is 37.8. The van der Waals surface area contributed by atoms with E-state index in [2.05, 4.69) is 100 Å². The second-order valence-corrected chi connectivity index (χ2v) is 39.1. The average molecular weight is 1420 g/mol. The number of amides is 4. The molecule has 6 aromatic heterocycles. The van der Waals surface area contributed by atoms with E-state index in [9.17, 15) is 9.59 Å². The van der Waals surface area contributed by atoms with Gasteiger partial charge in [0.05, 0.1) is 59.5 Å². The summed E-state index contributed by atoms with van der Waals surface area (Å²) >= 11 is 10.5. The molecular weight excluding hydrogens is 1310 g/mol. The first-order valence-corrected chi connectivity index (χ1v) is 45.1. The van der Waals surface area contributed by atoms with Crippen LogP contribution in [0, 0.1) is 37.5 Å². The van der Waals surface area contributed by atoms with Crippen LogP contribution in [0.3, 0.4) is 0 Å². The summed E-state index contributed by atoms with van der Waals surface area (Å²) in [4.78, 5) is 74.4. The predicted molar refractivity (Wildman–Crippen MR) is 416 cm³/mol. The molecule has 10 rings (SSSR count). The average Bonchev–Trinajstić information content (AvgIpc) is 1.54. The first-order chi connectivity index (χ1) is 46.2. The molecule has 8 nitrogen and oxygen atoms in total. The molecule has 0 saturated heterocycles. The lowest BCUT2D eigenvalue weighted by Gasteiger charge is -2.35. The van der Waals surface area contributed by atoms with Crippen LogP contribution >= 0.6 is 68.0 Å². The van der Waals surface area contributed by atoms with Crippen molar-refractivity contribution >= 4 is 130 Å². The van der Waals surface area contributed by atoms with Crippen molar-refractivity contribution in [1.82, 2.24) is 9.80 Å². The zero-order chi connectivity index (χ0) is 67.5. The minimum absolute atomic E-state index is 0.125. The van der Waals surface area contributed by atoms with Gasteiger partial charge >= 0.3 is 0 Å². The molecule has 0 spiro atoms. The second-order valence-electron chi connectivity index (χ2n) is 28.4. The van der Waals surface area contributed by atoms with Crippen molar-refractivity contribution in [2.75, 3.05) is 26.3 Å². The smallest absolute Gasteiger partial charge is 0.263 e. The Morgan fingerprint density at radius 3 is 1.19 bits per heavy atom. The van der Waals surface area contributed by atoms with Gasteiger partial charge in [-0.1, -0.05) is 223 Å². The topological polar surface area (TPSA) is 93.2 Å². The number of fused-ring (bicyclic) bond motifs is 7. The van der Waals surface area contributed by atoms with Crippen LogP contribution in [0.1, 0.15) is 300 Å². The third-order valence-electron chi connectivity index (χ3n) is 21.5. The number of unbranched alkanes of at least 4 members (excludes halogenated alkanes) is 14. The number of thiophene rings is 6. The van der Waals surface area contributed by atoms with Gasteiger partial charge < -0.3 is 9.47 Å². The summed E-state index contributed by atoms with van der Waals surface area (Å²) in [6.45, 7) is 29.4. The normalized spacial score (nSPS) is 16.5. The van der Waals surface area contributed by atoms with E-state index in [1.165, 1.54) is 95.6 Å². The number of ether oxygens (including phenoxy) is 2. The van der Waals surface area contributed by atoms with Gasteiger partial charge in [0.15, 0.2) is 0 Å². The molecule has 518 valence electrons. The van der Waals surface area contributed by atoms with Crippen molar-refractivity contribution in [3.05, 3.63) is 56.3 Å². The Bertz CT molecular complexity index is 3660. The van der Waals surface area contributed by atoms with Gasteiger partial charge in [-0.15, -0.1) is 68.0 Å². The number of hydrogen-bond donors (Lipinski definition) is 0. The van der Waals surface area contributed by atoms with E-state index >= 15 is 9.59 Å². The van der Waals surface area contributed by atoms with Gasteiger partial charge in [-0.05, 0) is 110 Å². The molecule has 9 heterocycles. The standard InChI is InChI=1S/C80H112N2O6S6Si/c1-13-23-29-31-33-35-41-81-77(83)64-52(12)90-72(65(64)78(81)84)60-45-62-75(92-60)76-63(95(62,49-55(21-9)39-27-17-5)50-56(22-10)40-28-18-6)46-61(93-76)74-67-66(79(85)82(80(67)86)42-36-34-32-30-24-14-2)73(94-74)59-44-58-69(88-48-54(20-8)38-26-16-4)70-57(43-51(11)89-70)68(71(58)91-59)87-47-53(19-7)37-25-15-3/h43-46,53-56H,13-42,47-50H2,1-12H3. The van der Waals surface area contributed by atoms with Crippen molar-refractivity contribution < 1.29 is 28.7 Å². The number of benzene rings is 1. The lowest BCUT2D eigenvalue weighted by Crippen LogP contribution is -2.56. The lowest BCUT2D eigenvalue weighted by molar-refractivity contribution is 0.0636. The molecule has 4 atom stereocenters. The van der Waals surface area contributed by atoms with Gasteiger partial charge in [-0.3, -0.25) is 29.0 Å². The molecule has 3 aliphatic heterocycles. The third-order valence-corrected chi connectivity index (χ3v) is 34.7. The van der Waals surface area contributed by atoms with Gasteiger partial charge in [0.1, 0.15) is 19.6 Å². The van der Waals surface area contributed by atoms with Crippen LogP contribution in [-0.2, 0) is 0 Å². The van der Waals surface area contributed by atoms with Crippen molar-refractivity contribution in [3.8, 4) is 50.5 Å². The van der Waals surface area contributed by atoms with E-state index < -0.39 is 8.07 Å². The summed E-state index contributed by atoms with van der Waals surface area (Å²) in [7, 11) is -2.65. The van der Waals surface area contributed by atoms with Crippen LogP contribution in [0.2, 0.25) is 12.1 Å². The largest absolute Gasteiger partial charge is 0.491 e. The molecule has 0 bridgehead atoms. The number of nitrogens with zero attached hydrogens (tertiary/aromatic N) is 2. The highest BCUT2D eigenvalue weighted by Crippen LogP contribution is 2.57. The van der Waals surface area contributed by atoms with E-state index in [1.807, 2.05) is 29.6 Å². The van der Waals surface area contributed by atoms with Crippen LogP contribution in [0.15, 0.2) is 24.3 Å². The summed E-state index contributed by atoms with van der Waals surface area (Å²) in [5.41, 5.74) is 2.37. The van der Waals surface area contributed by atoms with E-state index in [-0.39, 0.29) is 23.6 Å². The summed E-state index contributed by atoms with van der Waals surface area (Å²) < 4.78 is 16.6.